The molecule has 1 saturated heterocycles. The van der Waals surface area contributed by atoms with Gasteiger partial charge in [0.15, 0.2) is 5.65 Å². The van der Waals surface area contributed by atoms with Crippen molar-refractivity contribution in [3.05, 3.63) is 34.7 Å². The number of amides is 1. The highest BCUT2D eigenvalue weighted by atomic mass is 35.5. The Balaban J connectivity index is 1.77. The van der Waals surface area contributed by atoms with Crippen LogP contribution in [-0.2, 0) is 15.7 Å². The number of carbonyl (C=O) groups excluding carboxylic acids is 2. The zero-order chi connectivity index (χ0) is 19.8. The molecule has 0 N–H and O–H groups in total. The number of esters is 1. The Kier molecular flexibility index (Phi) is 5.32. The maximum atomic E-state index is 12.9. The van der Waals surface area contributed by atoms with Crippen molar-refractivity contribution < 1.29 is 27.5 Å². The first-order chi connectivity index (χ1) is 12.7. The molecule has 0 saturated carbocycles. The molecule has 0 atom stereocenters. The molecular formula is C17H17ClF3N3O3. The fourth-order valence-corrected chi connectivity index (χ4v) is 3.31. The number of hydrogen-bond donors (Lipinski definition) is 0. The van der Waals surface area contributed by atoms with E-state index in [1.807, 2.05) is 0 Å². The first-order valence-electron chi connectivity index (χ1n) is 8.42. The fraction of sp³-hybridized carbons (Fsp3) is 0.471. The third kappa shape index (κ3) is 4.02. The van der Waals surface area contributed by atoms with E-state index in [4.69, 9.17) is 16.3 Å². The van der Waals surface area contributed by atoms with Crippen molar-refractivity contribution in [3.63, 3.8) is 0 Å². The molecule has 146 valence electrons. The second kappa shape index (κ2) is 7.38. The number of carbonyl (C=O) groups is 2. The van der Waals surface area contributed by atoms with Gasteiger partial charge in [-0.1, -0.05) is 11.6 Å². The first-order valence-corrected chi connectivity index (χ1v) is 8.80. The molecule has 0 aromatic carbocycles. The molecule has 1 amide bonds. The molecule has 0 radical (unpaired) electrons. The molecule has 3 heterocycles. The Morgan fingerprint density at radius 3 is 2.56 bits per heavy atom. The number of hydrogen-bond acceptors (Lipinski definition) is 4. The van der Waals surface area contributed by atoms with Gasteiger partial charge in [-0.05, 0) is 25.8 Å². The second-order valence-electron chi connectivity index (χ2n) is 6.25. The normalized spacial score (nSPS) is 16.0. The van der Waals surface area contributed by atoms with Crippen molar-refractivity contribution in [2.75, 3.05) is 19.7 Å². The average Bonchev–Trinajstić information content (AvgIpc) is 3.05. The minimum atomic E-state index is -4.55. The first kappa shape index (κ1) is 19.5. The summed E-state index contributed by atoms with van der Waals surface area (Å²) in [5, 5.41) is -0.190. The van der Waals surface area contributed by atoms with Gasteiger partial charge in [0.25, 0.3) is 5.91 Å². The molecule has 1 aliphatic rings. The van der Waals surface area contributed by atoms with Crippen LogP contribution in [0.15, 0.2) is 18.5 Å². The summed E-state index contributed by atoms with van der Waals surface area (Å²) in [6.07, 6.45) is -1.54. The molecule has 6 nitrogen and oxygen atoms in total. The second-order valence-corrected chi connectivity index (χ2v) is 6.66. The van der Waals surface area contributed by atoms with Crippen LogP contribution in [0.1, 0.15) is 35.8 Å². The van der Waals surface area contributed by atoms with Gasteiger partial charge < -0.3 is 14.0 Å². The summed E-state index contributed by atoms with van der Waals surface area (Å²) in [7, 11) is 0. The highest BCUT2D eigenvalue weighted by molar-refractivity contribution is 6.33. The van der Waals surface area contributed by atoms with Gasteiger partial charge in [0.1, 0.15) is 5.69 Å². The number of ether oxygens (including phenoxy) is 1. The van der Waals surface area contributed by atoms with Crippen LogP contribution in [0, 0.1) is 5.92 Å². The SMILES string of the molecule is CCOC(=O)C1CCN(C(=O)c2cn3cc(C(F)(F)F)cc(Cl)c3n2)CC1. The van der Waals surface area contributed by atoms with E-state index in [-0.39, 0.29) is 28.3 Å². The molecule has 2 aromatic heterocycles. The Morgan fingerprint density at radius 1 is 1.30 bits per heavy atom. The number of alkyl halides is 3. The summed E-state index contributed by atoms with van der Waals surface area (Å²) in [6.45, 7) is 2.73. The van der Waals surface area contributed by atoms with E-state index in [9.17, 15) is 22.8 Å². The number of piperidine rings is 1. The predicted octanol–water partition coefficient (Wildman–Crippen LogP) is 3.42. The summed E-state index contributed by atoms with van der Waals surface area (Å²) >= 11 is 5.90. The van der Waals surface area contributed by atoms with E-state index in [0.717, 1.165) is 16.7 Å². The van der Waals surface area contributed by atoms with Crippen LogP contribution in [0.5, 0.6) is 0 Å². The number of rotatable bonds is 3. The van der Waals surface area contributed by atoms with E-state index >= 15 is 0 Å². The molecule has 10 heteroatoms. The monoisotopic (exact) mass is 403 g/mol. The third-order valence-electron chi connectivity index (χ3n) is 4.45. The quantitative estimate of drug-likeness (QED) is 0.737. The fourth-order valence-electron chi connectivity index (χ4n) is 3.06. The number of fused-ring (bicyclic) bond motifs is 1. The number of aromatic nitrogens is 2. The maximum absolute atomic E-state index is 12.9. The Hall–Kier alpha value is -2.29. The number of imidazole rings is 1. The van der Waals surface area contributed by atoms with E-state index in [1.54, 1.807) is 6.92 Å². The summed E-state index contributed by atoms with van der Waals surface area (Å²) < 4.78 is 44.8. The van der Waals surface area contributed by atoms with Gasteiger partial charge in [0, 0.05) is 25.5 Å². The van der Waals surface area contributed by atoms with Crippen LogP contribution in [0.25, 0.3) is 5.65 Å². The van der Waals surface area contributed by atoms with Crippen molar-refractivity contribution in [2.24, 2.45) is 5.92 Å². The van der Waals surface area contributed by atoms with Gasteiger partial charge in [0.05, 0.1) is 23.1 Å². The van der Waals surface area contributed by atoms with Gasteiger partial charge >= 0.3 is 12.1 Å². The Morgan fingerprint density at radius 2 is 1.96 bits per heavy atom. The molecule has 27 heavy (non-hydrogen) atoms. The Labute approximate surface area is 157 Å². The van der Waals surface area contributed by atoms with Gasteiger partial charge in [-0.2, -0.15) is 13.2 Å². The van der Waals surface area contributed by atoms with E-state index in [2.05, 4.69) is 4.98 Å². The standard InChI is InChI=1S/C17H17ClF3N3O3/c1-2-27-16(26)10-3-5-23(6-4-10)15(25)13-9-24-8-11(17(19,20)21)7-12(18)14(24)22-13/h7-10H,2-6H2,1H3. The maximum Gasteiger partial charge on any atom is 0.417 e. The van der Waals surface area contributed by atoms with Crippen molar-refractivity contribution in [2.45, 2.75) is 25.9 Å². The van der Waals surface area contributed by atoms with E-state index in [0.29, 0.717) is 32.5 Å². The lowest BCUT2D eigenvalue weighted by molar-refractivity contribution is -0.149. The molecule has 0 bridgehead atoms. The van der Waals surface area contributed by atoms with Gasteiger partial charge in [-0.15, -0.1) is 0 Å². The van der Waals surface area contributed by atoms with Crippen molar-refractivity contribution in [1.82, 2.24) is 14.3 Å². The zero-order valence-corrected chi connectivity index (χ0v) is 15.2. The van der Waals surface area contributed by atoms with Crippen LogP contribution < -0.4 is 0 Å². The number of likely N-dealkylation sites (tertiary alicyclic amines) is 1. The largest absolute Gasteiger partial charge is 0.466 e. The minimum Gasteiger partial charge on any atom is -0.466 e. The van der Waals surface area contributed by atoms with E-state index < -0.39 is 17.6 Å². The molecule has 0 spiro atoms. The highest BCUT2D eigenvalue weighted by Gasteiger charge is 2.33. The molecule has 0 aliphatic carbocycles. The number of halogens is 4. The number of nitrogens with zero attached hydrogens (tertiary/aromatic N) is 3. The molecular weight excluding hydrogens is 387 g/mol. The van der Waals surface area contributed by atoms with Gasteiger partial charge in [-0.25, -0.2) is 4.98 Å². The highest BCUT2D eigenvalue weighted by Crippen LogP contribution is 2.32. The molecule has 3 rings (SSSR count). The smallest absolute Gasteiger partial charge is 0.417 e. The van der Waals surface area contributed by atoms with Crippen LogP contribution in [0.2, 0.25) is 5.02 Å². The average molecular weight is 404 g/mol. The lowest BCUT2D eigenvalue weighted by atomic mass is 9.97. The molecule has 1 aliphatic heterocycles. The van der Waals surface area contributed by atoms with Crippen molar-refractivity contribution in [1.29, 1.82) is 0 Å². The summed E-state index contributed by atoms with van der Waals surface area (Å²) in [5.41, 5.74) is -0.841. The number of pyridine rings is 1. The van der Waals surface area contributed by atoms with Crippen LogP contribution in [-0.4, -0.2) is 45.9 Å². The van der Waals surface area contributed by atoms with Gasteiger partial charge in [0.2, 0.25) is 0 Å². The topological polar surface area (TPSA) is 63.9 Å². The third-order valence-corrected chi connectivity index (χ3v) is 4.73. The Bertz CT molecular complexity index is 873. The van der Waals surface area contributed by atoms with Crippen molar-refractivity contribution in [3.8, 4) is 0 Å². The van der Waals surface area contributed by atoms with Crippen LogP contribution in [0.4, 0.5) is 13.2 Å². The predicted molar refractivity (Wildman–Crippen MR) is 90.5 cm³/mol. The molecule has 2 aromatic rings. The van der Waals surface area contributed by atoms with Crippen LogP contribution >= 0.6 is 11.6 Å². The van der Waals surface area contributed by atoms with Crippen LogP contribution in [0.3, 0.4) is 0 Å². The van der Waals surface area contributed by atoms with Crippen molar-refractivity contribution >= 4 is 29.1 Å². The minimum absolute atomic E-state index is 0.00538. The van der Waals surface area contributed by atoms with Gasteiger partial charge in [-0.3, -0.25) is 9.59 Å². The molecule has 0 unspecified atom stereocenters. The zero-order valence-electron chi connectivity index (χ0n) is 14.4. The molecule has 1 fully saturated rings. The van der Waals surface area contributed by atoms with E-state index in [1.165, 1.54) is 11.1 Å². The lowest BCUT2D eigenvalue weighted by Gasteiger charge is -2.30. The summed E-state index contributed by atoms with van der Waals surface area (Å²) in [5.74, 6) is -0.937. The lowest BCUT2D eigenvalue weighted by Crippen LogP contribution is -2.40. The summed E-state index contributed by atoms with van der Waals surface area (Å²) in [4.78, 5) is 30.0. The summed E-state index contributed by atoms with van der Waals surface area (Å²) in [6, 6.07) is 0.781.